The minimum atomic E-state index is -0.847. The summed E-state index contributed by atoms with van der Waals surface area (Å²) < 4.78 is 6.86. The van der Waals surface area contributed by atoms with E-state index in [1.54, 1.807) is 0 Å². The van der Waals surface area contributed by atoms with Gasteiger partial charge in [-0.2, -0.15) is 0 Å². The number of Topliss-reactive ketones (excluding diaryl/α,β-unsaturated/α-hetero) is 1. The van der Waals surface area contributed by atoms with Crippen LogP contribution in [0.15, 0.2) is 27.8 Å². The third-order valence-electron chi connectivity index (χ3n) is 3.80. The predicted molar refractivity (Wildman–Crippen MR) is 102 cm³/mol. The molecule has 0 saturated heterocycles. The molecule has 2 aromatic rings. The van der Waals surface area contributed by atoms with E-state index >= 15 is 0 Å². The molecule has 1 aromatic heterocycles. The molecule has 0 saturated carbocycles. The van der Waals surface area contributed by atoms with Crippen molar-refractivity contribution in [1.82, 2.24) is 9.13 Å². The SMILES string of the molecule is CCCn1c(N)c(C(=O)COC(=O)c2ccc(Cl)c(Cl)c2)c(=O)n(C)c1=O. The van der Waals surface area contributed by atoms with E-state index in [0.29, 0.717) is 6.42 Å². The summed E-state index contributed by atoms with van der Waals surface area (Å²) in [6.45, 7) is 1.34. The van der Waals surface area contributed by atoms with Gasteiger partial charge in [0.2, 0.25) is 5.78 Å². The van der Waals surface area contributed by atoms with Crippen molar-refractivity contribution in [3.05, 3.63) is 60.2 Å². The van der Waals surface area contributed by atoms with Gasteiger partial charge >= 0.3 is 11.7 Å². The zero-order valence-electron chi connectivity index (χ0n) is 14.6. The van der Waals surface area contributed by atoms with Crippen LogP contribution < -0.4 is 17.0 Å². The molecule has 0 aliphatic rings. The molecule has 0 amide bonds. The molecule has 1 heterocycles. The average Bonchev–Trinajstić information content (AvgIpc) is 2.64. The second-order valence-electron chi connectivity index (χ2n) is 5.69. The highest BCUT2D eigenvalue weighted by molar-refractivity contribution is 6.42. The summed E-state index contributed by atoms with van der Waals surface area (Å²) in [6.07, 6.45) is 0.572. The van der Waals surface area contributed by atoms with E-state index in [-0.39, 0.29) is 28.0 Å². The number of benzene rings is 1. The zero-order valence-corrected chi connectivity index (χ0v) is 16.1. The van der Waals surface area contributed by atoms with Gasteiger partial charge in [0, 0.05) is 13.6 Å². The van der Waals surface area contributed by atoms with Crippen LogP contribution in [-0.2, 0) is 18.3 Å². The van der Waals surface area contributed by atoms with Gasteiger partial charge in [-0.3, -0.25) is 18.7 Å². The lowest BCUT2D eigenvalue weighted by atomic mass is 10.2. The van der Waals surface area contributed by atoms with E-state index in [0.717, 1.165) is 9.13 Å². The molecule has 144 valence electrons. The van der Waals surface area contributed by atoms with Crippen LogP contribution in [0.1, 0.15) is 34.1 Å². The van der Waals surface area contributed by atoms with Crippen molar-refractivity contribution in [3.63, 3.8) is 0 Å². The standard InChI is InChI=1S/C17H17Cl2N3O5/c1-3-6-22-14(20)13(15(24)21(2)17(22)26)12(23)8-27-16(25)9-4-5-10(18)11(19)7-9/h4-5,7H,3,6,8,20H2,1-2H3. The van der Waals surface area contributed by atoms with Crippen molar-refractivity contribution in [3.8, 4) is 0 Å². The summed E-state index contributed by atoms with van der Waals surface area (Å²) in [4.78, 5) is 48.9. The van der Waals surface area contributed by atoms with Crippen LogP contribution in [0.5, 0.6) is 0 Å². The van der Waals surface area contributed by atoms with Crippen LogP contribution in [0.2, 0.25) is 10.0 Å². The highest BCUT2D eigenvalue weighted by Gasteiger charge is 2.22. The maximum absolute atomic E-state index is 12.4. The molecule has 8 nitrogen and oxygen atoms in total. The number of rotatable bonds is 6. The van der Waals surface area contributed by atoms with E-state index in [1.807, 2.05) is 6.92 Å². The Hall–Kier alpha value is -2.58. The first-order valence-corrected chi connectivity index (χ1v) is 8.69. The number of hydrogen-bond acceptors (Lipinski definition) is 6. The Balaban J connectivity index is 2.28. The fraction of sp³-hybridized carbons (Fsp3) is 0.294. The third-order valence-corrected chi connectivity index (χ3v) is 4.54. The molecule has 0 bridgehead atoms. The summed E-state index contributed by atoms with van der Waals surface area (Å²) in [5.41, 5.74) is 4.08. The number of hydrogen-bond donors (Lipinski definition) is 1. The first kappa shape index (κ1) is 20.7. The second-order valence-corrected chi connectivity index (χ2v) is 6.50. The van der Waals surface area contributed by atoms with Crippen molar-refractivity contribution in [2.45, 2.75) is 19.9 Å². The molecule has 0 fully saturated rings. The van der Waals surface area contributed by atoms with Gasteiger partial charge < -0.3 is 10.5 Å². The fourth-order valence-corrected chi connectivity index (χ4v) is 2.69. The average molecular weight is 414 g/mol. The molecular weight excluding hydrogens is 397 g/mol. The summed E-state index contributed by atoms with van der Waals surface area (Å²) >= 11 is 11.6. The van der Waals surface area contributed by atoms with Crippen molar-refractivity contribution in [1.29, 1.82) is 0 Å². The zero-order chi connectivity index (χ0) is 20.3. The molecule has 10 heteroatoms. The van der Waals surface area contributed by atoms with Gasteiger partial charge in [-0.25, -0.2) is 9.59 Å². The van der Waals surface area contributed by atoms with Crippen LogP contribution in [0.3, 0.4) is 0 Å². The van der Waals surface area contributed by atoms with Crippen LogP contribution in [0, 0.1) is 0 Å². The van der Waals surface area contributed by atoms with Gasteiger partial charge in [0.15, 0.2) is 6.61 Å². The topological polar surface area (TPSA) is 113 Å². The Morgan fingerprint density at radius 3 is 2.44 bits per heavy atom. The van der Waals surface area contributed by atoms with E-state index in [9.17, 15) is 19.2 Å². The third kappa shape index (κ3) is 4.23. The number of nitrogen functional groups attached to an aromatic ring is 1. The summed E-state index contributed by atoms with van der Waals surface area (Å²) in [7, 11) is 1.24. The Kier molecular flexibility index (Phi) is 6.45. The Labute approximate surface area is 164 Å². The molecule has 27 heavy (non-hydrogen) atoms. The quantitative estimate of drug-likeness (QED) is 0.571. The summed E-state index contributed by atoms with van der Waals surface area (Å²) in [5, 5.41) is 0.418. The molecule has 0 unspecified atom stereocenters. The van der Waals surface area contributed by atoms with Crippen molar-refractivity contribution < 1.29 is 14.3 Å². The number of nitrogens with zero attached hydrogens (tertiary/aromatic N) is 2. The largest absolute Gasteiger partial charge is 0.454 e. The number of aromatic nitrogens is 2. The lowest BCUT2D eigenvalue weighted by Gasteiger charge is -2.13. The molecule has 0 aliphatic heterocycles. The molecule has 0 spiro atoms. The van der Waals surface area contributed by atoms with Crippen molar-refractivity contribution in [2.75, 3.05) is 12.3 Å². The van der Waals surface area contributed by atoms with Crippen molar-refractivity contribution >= 4 is 40.8 Å². The normalized spacial score (nSPS) is 10.7. The molecule has 1 aromatic carbocycles. The Morgan fingerprint density at radius 1 is 1.19 bits per heavy atom. The van der Waals surface area contributed by atoms with E-state index < -0.39 is 35.2 Å². The number of ketones is 1. The Bertz CT molecular complexity index is 1030. The molecular formula is C17H17Cl2N3O5. The highest BCUT2D eigenvalue weighted by atomic mass is 35.5. The van der Waals surface area contributed by atoms with Crippen LogP contribution in [0.4, 0.5) is 5.82 Å². The van der Waals surface area contributed by atoms with Gasteiger partial charge in [0.1, 0.15) is 11.4 Å². The van der Waals surface area contributed by atoms with Gasteiger partial charge in [-0.15, -0.1) is 0 Å². The molecule has 2 N–H and O–H groups in total. The highest BCUT2D eigenvalue weighted by Crippen LogP contribution is 2.23. The van der Waals surface area contributed by atoms with E-state index in [2.05, 4.69) is 0 Å². The summed E-state index contributed by atoms with van der Waals surface area (Å²) in [5.74, 6) is -1.88. The monoisotopic (exact) mass is 413 g/mol. The number of nitrogens with two attached hydrogens (primary N) is 1. The molecule has 0 radical (unpaired) electrons. The van der Waals surface area contributed by atoms with Gasteiger partial charge in [-0.05, 0) is 24.6 Å². The maximum Gasteiger partial charge on any atom is 0.338 e. The van der Waals surface area contributed by atoms with Crippen LogP contribution >= 0.6 is 23.2 Å². The fourth-order valence-electron chi connectivity index (χ4n) is 2.39. The predicted octanol–water partition coefficient (Wildman–Crippen LogP) is 1.89. The number of esters is 1. The van der Waals surface area contributed by atoms with Gasteiger partial charge in [0.05, 0.1) is 15.6 Å². The number of carbonyl (C=O) groups is 2. The van der Waals surface area contributed by atoms with Crippen LogP contribution in [-0.4, -0.2) is 27.5 Å². The van der Waals surface area contributed by atoms with Crippen molar-refractivity contribution in [2.24, 2.45) is 7.05 Å². The maximum atomic E-state index is 12.4. The number of carbonyl (C=O) groups excluding carboxylic acids is 2. The lowest BCUT2D eigenvalue weighted by Crippen LogP contribution is -2.43. The minimum Gasteiger partial charge on any atom is -0.454 e. The minimum absolute atomic E-state index is 0.0917. The molecule has 0 atom stereocenters. The smallest absolute Gasteiger partial charge is 0.338 e. The van der Waals surface area contributed by atoms with Crippen LogP contribution in [0.25, 0.3) is 0 Å². The van der Waals surface area contributed by atoms with E-state index in [1.165, 1.54) is 25.2 Å². The van der Waals surface area contributed by atoms with Gasteiger partial charge in [0.25, 0.3) is 5.56 Å². The number of anilines is 1. The van der Waals surface area contributed by atoms with Gasteiger partial charge in [-0.1, -0.05) is 30.1 Å². The molecule has 0 aliphatic carbocycles. The van der Waals surface area contributed by atoms with E-state index in [4.69, 9.17) is 33.7 Å². The Morgan fingerprint density at radius 2 is 1.85 bits per heavy atom. The number of halogens is 2. The second kappa shape index (κ2) is 8.41. The summed E-state index contributed by atoms with van der Waals surface area (Å²) in [6, 6.07) is 4.10. The lowest BCUT2D eigenvalue weighted by molar-refractivity contribution is 0.0474. The first-order valence-electron chi connectivity index (χ1n) is 7.93. The number of ether oxygens (including phenoxy) is 1. The first-order chi connectivity index (χ1) is 12.7. The molecule has 2 rings (SSSR count).